The quantitative estimate of drug-likeness (QED) is 0.108. The molecule has 8 nitrogen and oxygen atoms in total. The number of aliphatic hydroxyl groups is 1. The molecule has 2 heterocycles. The van der Waals surface area contributed by atoms with Gasteiger partial charge in [0.15, 0.2) is 16.9 Å². The summed E-state index contributed by atoms with van der Waals surface area (Å²) in [7, 11) is 1.53. The lowest BCUT2D eigenvalue weighted by Gasteiger charge is -2.21. The zero-order valence-corrected chi connectivity index (χ0v) is 27.2. The molecule has 0 aliphatic carbocycles. The van der Waals surface area contributed by atoms with E-state index in [1.807, 2.05) is 24.4 Å². The summed E-state index contributed by atoms with van der Waals surface area (Å²) in [5.74, 6) is 1.43. The molecule has 0 fully saturated rings. The minimum absolute atomic E-state index is 0.0710. The van der Waals surface area contributed by atoms with Crippen molar-refractivity contribution >= 4 is 32.6 Å². The fourth-order valence-electron chi connectivity index (χ4n) is 6.45. The van der Waals surface area contributed by atoms with Crippen LogP contribution in [-0.2, 0) is 19.3 Å². The number of aromatic hydroxyl groups is 1. The predicted molar refractivity (Wildman–Crippen MR) is 192 cm³/mol. The number of phenolic OH excluding ortho intramolecular Hbond substituents is 1. The number of hydrogen-bond acceptors (Lipinski definition) is 7. The Morgan fingerprint density at radius 3 is 2.37 bits per heavy atom. The predicted octanol–water partition coefficient (Wildman–Crippen LogP) is 7.98. The Morgan fingerprint density at radius 1 is 0.755 bits per heavy atom. The number of rotatable bonds is 13. The number of aromatic nitrogens is 1. The van der Waals surface area contributed by atoms with E-state index in [0.717, 1.165) is 32.8 Å². The van der Waals surface area contributed by atoms with Gasteiger partial charge in [-0.15, -0.1) is 0 Å². The summed E-state index contributed by atoms with van der Waals surface area (Å²) in [6.07, 6.45) is 4.06. The summed E-state index contributed by atoms with van der Waals surface area (Å²) in [6, 6.07) is 30.7. The number of nitrogens with one attached hydrogen (secondary N) is 1. The van der Waals surface area contributed by atoms with Crippen molar-refractivity contribution in [3.05, 3.63) is 130 Å². The van der Waals surface area contributed by atoms with Crippen molar-refractivity contribution in [1.82, 2.24) is 4.98 Å². The molecule has 2 aromatic heterocycles. The van der Waals surface area contributed by atoms with Crippen molar-refractivity contribution in [1.29, 1.82) is 0 Å². The summed E-state index contributed by atoms with van der Waals surface area (Å²) in [6.45, 7) is 0.433. The Bertz CT molecular complexity index is 2290. The van der Waals surface area contributed by atoms with Crippen molar-refractivity contribution < 1.29 is 28.8 Å². The number of ether oxygens (including phenoxy) is 3. The molecular weight excluding hydrogens is 618 g/mol. The van der Waals surface area contributed by atoms with Crippen LogP contribution in [0.2, 0.25) is 0 Å². The van der Waals surface area contributed by atoms with Crippen LogP contribution in [-0.4, -0.2) is 42.1 Å². The van der Waals surface area contributed by atoms with Crippen molar-refractivity contribution in [3.63, 3.8) is 0 Å². The molecule has 0 bridgehead atoms. The minimum Gasteiger partial charge on any atom is -0.508 e. The molecule has 248 valence electrons. The third-order valence-corrected chi connectivity index (χ3v) is 8.85. The Morgan fingerprint density at radius 2 is 1.57 bits per heavy atom. The number of aliphatic hydroxyl groups excluding tert-OH is 1. The van der Waals surface area contributed by atoms with Crippen LogP contribution in [0, 0.1) is 0 Å². The smallest absolute Gasteiger partial charge is 0.204 e. The molecule has 3 N–H and O–H groups in total. The van der Waals surface area contributed by atoms with Crippen molar-refractivity contribution in [2.24, 2.45) is 0 Å². The molecule has 7 rings (SSSR count). The lowest BCUT2D eigenvalue weighted by atomic mass is 9.95. The van der Waals surface area contributed by atoms with Gasteiger partial charge in [0, 0.05) is 53.7 Å². The van der Waals surface area contributed by atoms with E-state index < -0.39 is 0 Å². The molecule has 0 unspecified atom stereocenters. The Hall–Kier alpha value is -5.73. The SMILES string of the molecule is COc1c(OCCc2ccccc2)c(CCc2cccc3c2ccc2[nH]ccc23)c2oc(-c3ccc(O)cc3)cc(=O)c2c1OCCCO. The molecule has 5 aromatic carbocycles. The van der Waals surface area contributed by atoms with Crippen molar-refractivity contribution in [2.45, 2.75) is 25.7 Å². The van der Waals surface area contributed by atoms with Crippen LogP contribution in [0.25, 0.3) is 44.0 Å². The maximum Gasteiger partial charge on any atom is 0.204 e. The Labute approximate surface area is 283 Å². The Balaban J connectivity index is 1.40. The molecule has 7 aromatic rings. The number of H-pyrrole nitrogens is 1. The molecule has 0 amide bonds. The highest BCUT2D eigenvalue weighted by atomic mass is 16.5. The van der Waals surface area contributed by atoms with E-state index >= 15 is 0 Å². The minimum atomic E-state index is -0.307. The highest BCUT2D eigenvalue weighted by Crippen LogP contribution is 2.47. The first-order valence-electron chi connectivity index (χ1n) is 16.4. The second-order valence-electron chi connectivity index (χ2n) is 11.9. The maximum atomic E-state index is 14.0. The number of aryl methyl sites for hydroxylation is 2. The number of methoxy groups -OCH3 is 1. The van der Waals surface area contributed by atoms with Gasteiger partial charge in [-0.1, -0.05) is 54.6 Å². The standard InChI is InChI=1S/C41H37NO7/c1-46-41-39(48-24-20-26-7-3-2-4-8-26)33(16-13-27-9-5-10-31-30(27)17-18-34-32(31)19-21-42-34)38-37(40(41)47-23-6-22-43)35(45)25-36(49-38)28-11-14-29(44)15-12-28/h2-5,7-12,14-15,17-19,21,25,42-44H,6,13,16,20,22-24H2,1H3. The van der Waals surface area contributed by atoms with E-state index in [9.17, 15) is 15.0 Å². The van der Waals surface area contributed by atoms with E-state index in [1.165, 1.54) is 13.2 Å². The van der Waals surface area contributed by atoms with Crippen LogP contribution in [0.1, 0.15) is 23.1 Å². The third kappa shape index (κ3) is 6.43. The molecule has 0 saturated carbocycles. The lowest BCUT2D eigenvalue weighted by molar-refractivity contribution is 0.226. The van der Waals surface area contributed by atoms with Gasteiger partial charge in [0.2, 0.25) is 5.75 Å². The fraction of sp³-hybridized carbons (Fsp3) is 0.195. The van der Waals surface area contributed by atoms with Crippen LogP contribution in [0.5, 0.6) is 23.0 Å². The van der Waals surface area contributed by atoms with Crippen LogP contribution < -0.4 is 19.6 Å². The van der Waals surface area contributed by atoms with Gasteiger partial charge >= 0.3 is 0 Å². The van der Waals surface area contributed by atoms with E-state index in [2.05, 4.69) is 53.5 Å². The fourth-order valence-corrected chi connectivity index (χ4v) is 6.45. The zero-order valence-electron chi connectivity index (χ0n) is 27.2. The van der Waals surface area contributed by atoms with Gasteiger partial charge in [-0.05, 0) is 71.1 Å². The van der Waals surface area contributed by atoms with E-state index in [-0.39, 0.29) is 35.5 Å². The number of hydrogen-bond donors (Lipinski definition) is 3. The summed E-state index contributed by atoms with van der Waals surface area (Å²) >= 11 is 0. The highest BCUT2D eigenvalue weighted by Gasteiger charge is 2.27. The van der Waals surface area contributed by atoms with Gasteiger partial charge in [-0.25, -0.2) is 0 Å². The van der Waals surface area contributed by atoms with Crippen molar-refractivity contribution in [2.75, 3.05) is 26.9 Å². The van der Waals surface area contributed by atoms with Gasteiger partial charge in [0.1, 0.15) is 22.5 Å². The number of fused-ring (bicyclic) bond motifs is 4. The molecule has 0 aliphatic rings. The van der Waals surface area contributed by atoms with Crippen LogP contribution >= 0.6 is 0 Å². The van der Waals surface area contributed by atoms with Gasteiger partial charge in [-0.2, -0.15) is 0 Å². The summed E-state index contributed by atoms with van der Waals surface area (Å²) in [5, 5.41) is 23.1. The van der Waals surface area contributed by atoms with E-state index in [4.69, 9.17) is 18.6 Å². The lowest BCUT2D eigenvalue weighted by Crippen LogP contribution is -2.12. The molecule has 49 heavy (non-hydrogen) atoms. The molecule has 0 atom stereocenters. The first-order valence-corrected chi connectivity index (χ1v) is 16.4. The highest BCUT2D eigenvalue weighted by molar-refractivity contribution is 6.07. The van der Waals surface area contributed by atoms with Gasteiger partial charge in [0.05, 0.1) is 20.3 Å². The number of aromatic amines is 1. The van der Waals surface area contributed by atoms with Crippen LogP contribution in [0.4, 0.5) is 0 Å². The summed E-state index contributed by atoms with van der Waals surface area (Å²) in [4.78, 5) is 17.3. The number of phenols is 1. The average molecular weight is 656 g/mol. The number of benzene rings is 5. The Kier molecular flexibility index (Phi) is 9.21. The van der Waals surface area contributed by atoms with Gasteiger partial charge in [-0.3, -0.25) is 4.79 Å². The first kappa shape index (κ1) is 31.8. The van der Waals surface area contributed by atoms with E-state index in [1.54, 1.807) is 24.3 Å². The molecule has 0 spiro atoms. The second-order valence-corrected chi connectivity index (χ2v) is 11.9. The average Bonchev–Trinajstić information content (AvgIpc) is 3.62. The monoisotopic (exact) mass is 655 g/mol. The van der Waals surface area contributed by atoms with Crippen molar-refractivity contribution in [3.8, 4) is 34.3 Å². The topological polar surface area (TPSA) is 114 Å². The molecular formula is C41H37NO7. The van der Waals surface area contributed by atoms with Gasteiger partial charge < -0.3 is 33.8 Å². The molecule has 8 heteroatoms. The summed E-state index contributed by atoms with van der Waals surface area (Å²) < 4.78 is 25.4. The van der Waals surface area contributed by atoms with Crippen LogP contribution in [0.15, 0.2) is 112 Å². The first-order chi connectivity index (χ1) is 24.1. The third-order valence-electron chi connectivity index (χ3n) is 8.85. The van der Waals surface area contributed by atoms with E-state index in [0.29, 0.717) is 66.3 Å². The normalized spacial score (nSPS) is 11.4. The zero-order chi connectivity index (χ0) is 33.7. The second kappa shape index (κ2) is 14.2. The summed E-state index contributed by atoms with van der Waals surface area (Å²) in [5.41, 5.74) is 4.70. The van der Waals surface area contributed by atoms with Gasteiger partial charge in [0.25, 0.3) is 0 Å². The molecule has 0 saturated heterocycles. The van der Waals surface area contributed by atoms with Crippen LogP contribution in [0.3, 0.4) is 0 Å². The molecule has 0 aliphatic heterocycles. The molecule has 0 radical (unpaired) electrons. The maximum absolute atomic E-state index is 14.0. The largest absolute Gasteiger partial charge is 0.508 e.